The number of hydrogen-bond donors (Lipinski definition) is 1. The molecule has 2 aromatic rings. The van der Waals surface area contributed by atoms with Gasteiger partial charge in [-0.25, -0.2) is 0 Å². The first-order valence-corrected chi connectivity index (χ1v) is 8.72. The number of hydrogen-bond acceptors (Lipinski definition) is 3. The molecule has 1 nitrogen and oxygen atoms in total. The Kier molecular flexibility index (Phi) is 5.27. The Morgan fingerprint density at radius 2 is 2.06 bits per heavy atom. The first kappa shape index (κ1) is 14.5. The molecule has 0 aliphatic rings. The third-order valence-electron chi connectivity index (χ3n) is 2.67. The van der Waals surface area contributed by atoms with Crippen LogP contribution in [0, 0.1) is 0 Å². The fraction of sp³-hybridized carbons (Fsp3) is 0.385. The quantitative estimate of drug-likeness (QED) is 0.740. The number of halogens is 2. The number of aryl methyl sites for hydroxylation is 1. The second kappa shape index (κ2) is 6.53. The number of nitrogens with one attached hydrogen (secondary N) is 1. The summed E-state index contributed by atoms with van der Waals surface area (Å²) in [4.78, 5) is 4.05. The third-order valence-corrected chi connectivity index (χ3v) is 6.51. The largest absolute Gasteiger partial charge is 0.305 e. The zero-order valence-corrected chi connectivity index (χ0v) is 14.3. The fourth-order valence-electron chi connectivity index (χ4n) is 1.79. The van der Waals surface area contributed by atoms with Crippen LogP contribution in [0.4, 0.5) is 0 Å². The fourth-order valence-corrected chi connectivity index (χ4v) is 4.75. The van der Waals surface area contributed by atoms with Crippen LogP contribution in [0.25, 0.3) is 0 Å². The van der Waals surface area contributed by atoms with Gasteiger partial charge in [0, 0.05) is 14.6 Å². The van der Waals surface area contributed by atoms with Crippen molar-refractivity contribution in [3.8, 4) is 0 Å². The monoisotopic (exact) mass is 363 g/mol. The number of thiophene rings is 2. The van der Waals surface area contributed by atoms with Crippen LogP contribution < -0.4 is 5.32 Å². The van der Waals surface area contributed by atoms with Crippen LogP contribution in [-0.2, 0) is 6.42 Å². The smallest absolute Gasteiger partial charge is 0.0888 e. The van der Waals surface area contributed by atoms with E-state index >= 15 is 0 Å². The van der Waals surface area contributed by atoms with Gasteiger partial charge in [0.15, 0.2) is 0 Å². The van der Waals surface area contributed by atoms with Gasteiger partial charge in [0.05, 0.1) is 14.9 Å². The van der Waals surface area contributed by atoms with Crippen molar-refractivity contribution in [1.82, 2.24) is 5.32 Å². The zero-order valence-electron chi connectivity index (χ0n) is 10.3. The SMILES string of the molecule is CCNC(c1ccc(CC)s1)c1cc(Cl)c(Br)s1. The molecule has 18 heavy (non-hydrogen) atoms. The second-order valence-electron chi connectivity index (χ2n) is 3.92. The highest BCUT2D eigenvalue weighted by atomic mass is 79.9. The van der Waals surface area contributed by atoms with Gasteiger partial charge in [0.25, 0.3) is 0 Å². The highest BCUT2D eigenvalue weighted by Gasteiger charge is 2.18. The lowest BCUT2D eigenvalue weighted by Gasteiger charge is -2.14. The lowest BCUT2D eigenvalue weighted by molar-refractivity contribution is 0.649. The summed E-state index contributed by atoms with van der Waals surface area (Å²) in [5.41, 5.74) is 0. The molecule has 0 aliphatic heterocycles. The summed E-state index contributed by atoms with van der Waals surface area (Å²) in [6.45, 7) is 5.26. The summed E-state index contributed by atoms with van der Waals surface area (Å²) < 4.78 is 1.01. The van der Waals surface area contributed by atoms with Gasteiger partial charge < -0.3 is 5.32 Å². The van der Waals surface area contributed by atoms with E-state index in [1.807, 2.05) is 11.3 Å². The Bertz CT molecular complexity index is 501. The van der Waals surface area contributed by atoms with Crippen molar-refractivity contribution < 1.29 is 0 Å². The van der Waals surface area contributed by atoms with Gasteiger partial charge in [0.1, 0.15) is 0 Å². The van der Waals surface area contributed by atoms with E-state index < -0.39 is 0 Å². The minimum Gasteiger partial charge on any atom is -0.305 e. The summed E-state index contributed by atoms with van der Waals surface area (Å²) in [5.74, 6) is 0. The van der Waals surface area contributed by atoms with E-state index in [4.69, 9.17) is 11.6 Å². The molecule has 0 fully saturated rings. The molecule has 0 radical (unpaired) electrons. The molecule has 0 aromatic carbocycles. The summed E-state index contributed by atoms with van der Waals surface area (Å²) >= 11 is 13.2. The maximum Gasteiger partial charge on any atom is 0.0888 e. The minimum absolute atomic E-state index is 0.258. The first-order valence-electron chi connectivity index (χ1n) is 5.92. The van der Waals surface area contributed by atoms with Gasteiger partial charge in [0.2, 0.25) is 0 Å². The van der Waals surface area contributed by atoms with Gasteiger partial charge >= 0.3 is 0 Å². The Labute approximate surface area is 129 Å². The molecular weight excluding hydrogens is 350 g/mol. The van der Waals surface area contributed by atoms with E-state index in [-0.39, 0.29) is 6.04 Å². The molecule has 2 heterocycles. The van der Waals surface area contributed by atoms with Crippen molar-refractivity contribution in [2.75, 3.05) is 6.54 Å². The Hall–Kier alpha value is 0.130. The van der Waals surface area contributed by atoms with Gasteiger partial charge in [-0.05, 0) is 47.1 Å². The van der Waals surface area contributed by atoms with Crippen molar-refractivity contribution in [3.63, 3.8) is 0 Å². The van der Waals surface area contributed by atoms with Crippen molar-refractivity contribution in [3.05, 3.63) is 41.6 Å². The molecule has 0 amide bonds. The Morgan fingerprint density at radius 3 is 2.56 bits per heavy atom. The van der Waals surface area contributed by atoms with Crippen molar-refractivity contribution >= 4 is 50.2 Å². The van der Waals surface area contributed by atoms with Crippen LogP contribution >= 0.6 is 50.2 Å². The van der Waals surface area contributed by atoms with Crippen molar-refractivity contribution in [2.24, 2.45) is 0 Å². The molecule has 1 atom stereocenters. The van der Waals surface area contributed by atoms with E-state index in [0.717, 1.165) is 21.8 Å². The first-order chi connectivity index (χ1) is 8.65. The molecule has 0 spiro atoms. The molecular formula is C13H15BrClNS2. The molecule has 2 aromatic heterocycles. The maximum absolute atomic E-state index is 6.13. The summed E-state index contributed by atoms with van der Waals surface area (Å²) in [5, 5.41) is 4.33. The molecule has 0 saturated carbocycles. The topological polar surface area (TPSA) is 12.0 Å². The summed E-state index contributed by atoms with van der Waals surface area (Å²) in [6, 6.07) is 6.75. The molecule has 0 saturated heterocycles. The number of rotatable bonds is 5. The second-order valence-corrected chi connectivity index (χ2v) is 7.93. The van der Waals surface area contributed by atoms with E-state index in [1.165, 1.54) is 14.6 Å². The predicted octanol–water partition coefficient (Wildman–Crippen LogP) is 5.49. The molecule has 0 aliphatic carbocycles. The molecule has 2 rings (SSSR count). The zero-order chi connectivity index (χ0) is 13.1. The van der Waals surface area contributed by atoms with E-state index in [1.54, 1.807) is 11.3 Å². The average molecular weight is 365 g/mol. The lowest BCUT2D eigenvalue weighted by atomic mass is 10.2. The Balaban J connectivity index is 2.32. The molecule has 5 heteroatoms. The van der Waals surface area contributed by atoms with E-state index in [2.05, 4.69) is 53.3 Å². The highest BCUT2D eigenvalue weighted by Crippen LogP contribution is 2.39. The van der Waals surface area contributed by atoms with Crippen LogP contribution in [0.2, 0.25) is 5.02 Å². The van der Waals surface area contributed by atoms with Crippen LogP contribution in [0.3, 0.4) is 0 Å². The van der Waals surface area contributed by atoms with Gasteiger partial charge in [-0.15, -0.1) is 22.7 Å². The average Bonchev–Trinajstić information content (AvgIpc) is 2.94. The molecule has 1 unspecified atom stereocenters. The summed E-state index contributed by atoms with van der Waals surface area (Å²) in [7, 11) is 0. The minimum atomic E-state index is 0.258. The molecule has 0 bridgehead atoms. The lowest BCUT2D eigenvalue weighted by Crippen LogP contribution is -2.20. The third kappa shape index (κ3) is 3.17. The molecule has 98 valence electrons. The van der Waals surface area contributed by atoms with Gasteiger partial charge in [-0.2, -0.15) is 0 Å². The van der Waals surface area contributed by atoms with Gasteiger partial charge in [-0.1, -0.05) is 25.4 Å². The van der Waals surface area contributed by atoms with Gasteiger partial charge in [-0.3, -0.25) is 0 Å². The highest BCUT2D eigenvalue weighted by molar-refractivity contribution is 9.11. The normalized spacial score (nSPS) is 12.9. The van der Waals surface area contributed by atoms with Crippen molar-refractivity contribution in [1.29, 1.82) is 0 Å². The van der Waals surface area contributed by atoms with Crippen molar-refractivity contribution in [2.45, 2.75) is 26.3 Å². The van der Waals surface area contributed by atoms with E-state index in [9.17, 15) is 0 Å². The maximum atomic E-state index is 6.13. The molecule has 1 N–H and O–H groups in total. The van der Waals surface area contributed by atoms with Crippen LogP contribution in [0.1, 0.15) is 34.5 Å². The predicted molar refractivity (Wildman–Crippen MR) is 86.2 cm³/mol. The summed E-state index contributed by atoms with van der Waals surface area (Å²) in [6.07, 6.45) is 1.10. The van der Waals surface area contributed by atoms with E-state index in [0.29, 0.717) is 0 Å². The van der Waals surface area contributed by atoms with Crippen LogP contribution in [-0.4, -0.2) is 6.54 Å². The van der Waals surface area contributed by atoms with Crippen LogP contribution in [0.15, 0.2) is 22.0 Å². The van der Waals surface area contributed by atoms with Crippen LogP contribution in [0.5, 0.6) is 0 Å². The Morgan fingerprint density at radius 1 is 1.28 bits per heavy atom. The standard InChI is InChI=1S/C13H15BrClNS2/c1-3-8-5-6-10(17-8)12(16-4-2)11-7-9(15)13(14)18-11/h5-7,12,16H,3-4H2,1-2H3.